The average molecular weight is 355 g/mol. The van der Waals surface area contributed by atoms with E-state index < -0.39 is 0 Å². The first-order chi connectivity index (χ1) is 12.8. The maximum absolute atomic E-state index is 5.60. The molecule has 5 rings (SSSR count). The fourth-order valence-electron chi connectivity index (χ4n) is 5.17. The lowest BCUT2D eigenvalue weighted by atomic mass is 10.0. The molecule has 3 heterocycles. The molecule has 3 aliphatic rings. The Bertz CT molecular complexity index is 773. The quantitative estimate of drug-likeness (QED) is 0.837. The molecule has 0 spiro atoms. The Balaban J connectivity index is 1.34. The third-order valence-corrected chi connectivity index (χ3v) is 6.61. The minimum Gasteiger partial charge on any atom is -0.338 e. The molecule has 2 aliphatic carbocycles. The minimum absolute atomic E-state index is 0.382. The molecule has 1 saturated heterocycles. The summed E-state index contributed by atoms with van der Waals surface area (Å²) in [5.74, 6) is 3.46. The van der Waals surface area contributed by atoms with E-state index in [1.165, 1.54) is 75.0 Å². The van der Waals surface area contributed by atoms with Crippen molar-refractivity contribution in [1.82, 2.24) is 24.6 Å². The third-order valence-electron chi connectivity index (χ3n) is 6.61. The second-order valence-electron chi connectivity index (χ2n) is 8.29. The van der Waals surface area contributed by atoms with Gasteiger partial charge in [0, 0.05) is 18.7 Å². The number of hydrogen-bond donors (Lipinski definition) is 0. The van der Waals surface area contributed by atoms with Gasteiger partial charge in [0.2, 0.25) is 5.89 Å². The van der Waals surface area contributed by atoms with Crippen LogP contribution in [0, 0.1) is 0 Å². The van der Waals surface area contributed by atoms with Crippen molar-refractivity contribution in [3.05, 3.63) is 28.9 Å². The van der Waals surface area contributed by atoms with Crippen LogP contribution in [0.15, 0.2) is 4.52 Å². The first-order valence-electron chi connectivity index (χ1n) is 10.4. The monoisotopic (exact) mass is 355 g/mol. The highest BCUT2D eigenvalue weighted by Gasteiger charge is 2.33. The zero-order valence-corrected chi connectivity index (χ0v) is 15.8. The molecule has 26 heavy (non-hydrogen) atoms. The predicted octanol–water partition coefficient (Wildman–Crippen LogP) is 3.68. The van der Waals surface area contributed by atoms with Gasteiger partial charge in [0.05, 0.1) is 18.3 Å². The predicted molar refractivity (Wildman–Crippen MR) is 97.7 cm³/mol. The smallest absolute Gasteiger partial charge is 0.240 e. The second-order valence-corrected chi connectivity index (χ2v) is 8.29. The highest BCUT2D eigenvalue weighted by molar-refractivity contribution is 5.22. The summed E-state index contributed by atoms with van der Waals surface area (Å²) in [5.41, 5.74) is 2.79. The van der Waals surface area contributed by atoms with Crippen molar-refractivity contribution in [2.75, 3.05) is 6.54 Å². The van der Waals surface area contributed by atoms with Gasteiger partial charge < -0.3 is 9.09 Å². The van der Waals surface area contributed by atoms with Crippen LogP contribution >= 0.6 is 0 Å². The van der Waals surface area contributed by atoms with Gasteiger partial charge in [-0.3, -0.25) is 4.90 Å². The van der Waals surface area contributed by atoms with Gasteiger partial charge in [-0.2, -0.15) is 4.98 Å². The largest absolute Gasteiger partial charge is 0.338 e. The van der Waals surface area contributed by atoms with E-state index >= 15 is 0 Å². The van der Waals surface area contributed by atoms with Gasteiger partial charge in [-0.1, -0.05) is 18.0 Å². The number of nitrogens with zero attached hydrogens (tertiary/aromatic N) is 5. The molecule has 0 aromatic carbocycles. The molecule has 0 N–H and O–H groups in total. The highest BCUT2D eigenvalue weighted by atomic mass is 16.5. The van der Waals surface area contributed by atoms with Gasteiger partial charge in [0.1, 0.15) is 5.82 Å². The standard InChI is InChI=1S/C20H29N5O/c1-24-16-10-5-4-9-15(16)21-20(24)17-11-6-12-25(17)13-18-22-19(23-26-18)14-7-2-3-8-14/h14,17H,2-13H2,1H3. The molecule has 6 nitrogen and oxygen atoms in total. The van der Waals surface area contributed by atoms with Gasteiger partial charge in [0.15, 0.2) is 5.82 Å². The van der Waals surface area contributed by atoms with Gasteiger partial charge >= 0.3 is 0 Å². The molecule has 6 heteroatoms. The van der Waals surface area contributed by atoms with E-state index in [1.54, 1.807) is 0 Å². The van der Waals surface area contributed by atoms with Crippen molar-refractivity contribution >= 4 is 0 Å². The third kappa shape index (κ3) is 2.88. The van der Waals surface area contributed by atoms with Crippen LogP contribution in [-0.4, -0.2) is 31.1 Å². The lowest BCUT2D eigenvalue weighted by Crippen LogP contribution is -2.25. The van der Waals surface area contributed by atoms with E-state index in [1.807, 2.05) is 0 Å². The summed E-state index contributed by atoms with van der Waals surface area (Å²) in [6.45, 7) is 1.84. The molecular weight excluding hydrogens is 326 g/mol. The molecule has 0 bridgehead atoms. The van der Waals surface area contributed by atoms with E-state index in [2.05, 4.69) is 21.7 Å². The topological polar surface area (TPSA) is 60.0 Å². The minimum atomic E-state index is 0.382. The zero-order chi connectivity index (χ0) is 17.5. The SMILES string of the molecule is Cn1c(C2CCCN2Cc2nc(C3CCCC3)no2)nc2c1CCCC2. The van der Waals surface area contributed by atoms with Gasteiger partial charge in [-0.25, -0.2) is 4.98 Å². The molecule has 1 unspecified atom stereocenters. The summed E-state index contributed by atoms with van der Waals surface area (Å²) in [6.07, 6.45) is 12.3. The van der Waals surface area contributed by atoms with Crippen LogP contribution in [0.2, 0.25) is 0 Å². The average Bonchev–Trinajstić information content (AvgIpc) is 3.42. The van der Waals surface area contributed by atoms with E-state index in [4.69, 9.17) is 14.5 Å². The van der Waals surface area contributed by atoms with Crippen LogP contribution in [0.4, 0.5) is 0 Å². The molecule has 2 aromatic heterocycles. The van der Waals surface area contributed by atoms with Crippen molar-refractivity contribution in [2.45, 2.75) is 82.7 Å². The number of likely N-dealkylation sites (tertiary alicyclic amines) is 1. The second kappa shape index (κ2) is 6.80. The fourth-order valence-corrected chi connectivity index (χ4v) is 5.17. The van der Waals surface area contributed by atoms with E-state index in [0.717, 1.165) is 31.2 Å². The van der Waals surface area contributed by atoms with E-state index in [9.17, 15) is 0 Å². The first-order valence-corrected chi connectivity index (χ1v) is 10.4. The van der Waals surface area contributed by atoms with Crippen molar-refractivity contribution in [3.63, 3.8) is 0 Å². The Morgan fingerprint density at radius 1 is 1.00 bits per heavy atom. The summed E-state index contributed by atoms with van der Waals surface area (Å²) < 4.78 is 7.98. The number of hydrogen-bond acceptors (Lipinski definition) is 5. The van der Waals surface area contributed by atoms with Crippen molar-refractivity contribution < 1.29 is 4.52 Å². The maximum Gasteiger partial charge on any atom is 0.240 e. The Hall–Kier alpha value is -1.69. The Morgan fingerprint density at radius 2 is 1.85 bits per heavy atom. The number of fused-ring (bicyclic) bond motifs is 1. The summed E-state index contributed by atoms with van der Waals surface area (Å²) in [4.78, 5) is 12.3. The number of rotatable bonds is 4. The number of imidazole rings is 1. The molecule has 1 aliphatic heterocycles. The molecule has 1 saturated carbocycles. The van der Waals surface area contributed by atoms with Crippen LogP contribution < -0.4 is 0 Å². The summed E-state index contributed by atoms with van der Waals surface area (Å²) >= 11 is 0. The molecule has 2 aromatic rings. The Morgan fingerprint density at radius 3 is 2.69 bits per heavy atom. The molecule has 2 fully saturated rings. The Labute approximate surface area is 155 Å². The maximum atomic E-state index is 5.60. The van der Waals surface area contributed by atoms with E-state index in [0.29, 0.717) is 12.0 Å². The van der Waals surface area contributed by atoms with Gasteiger partial charge in [-0.05, 0) is 57.9 Å². The van der Waals surface area contributed by atoms with Crippen LogP contribution in [0.5, 0.6) is 0 Å². The van der Waals surface area contributed by atoms with E-state index in [-0.39, 0.29) is 0 Å². The van der Waals surface area contributed by atoms with Crippen LogP contribution in [0.1, 0.15) is 92.3 Å². The summed E-state index contributed by atoms with van der Waals surface area (Å²) in [5, 5.41) is 4.28. The lowest BCUT2D eigenvalue weighted by Gasteiger charge is -2.22. The van der Waals surface area contributed by atoms with Crippen molar-refractivity contribution in [3.8, 4) is 0 Å². The number of aromatic nitrogens is 4. The number of aryl methyl sites for hydroxylation is 1. The van der Waals surface area contributed by atoms with Gasteiger partial charge in [0.25, 0.3) is 0 Å². The van der Waals surface area contributed by atoms with Crippen molar-refractivity contribution in [2.24, 2.45) is 7.05 Å². The molecular formula is C20H29N5O. The summed E-state index contributed by atoms with van der Waals surface area (Å²) in [7, 11) is 2.20. The fraction of sp³-hybridized carbons (Fsp3) is 0.750. The van der Waals surface area contributed by atoms with Crippen LogP contribution in [0.3, 0.4) is 0 Å². The Kier molecular flexibility index (Phi) is 4.31. The molecule has 1 atom stereocenters. The summed E-state index contributed by atoms with van der Waals surface area (Å²) in [6, 6.07) is 0.382. The first kappa shape index (κ1) is 16.5. The van der Waals surface area contributed by atoms with Gasteiger partial charge in [-0.15, -0.1) is 0 Å². The molecule has 0 amide bonds. The van der Waals surface area contributed by atoms with Crippen molar-refractivity contribution in [1.29, 1.82) is 0 Å². The normalized spacial score (nSPS) is 24.4. The lowest BCUT2D eigenvalue weighted by molar-refractivity contribution is 0.203. The molecule has 0 radical (unpaired) electrons. The highest BCUT2D eigenvalue weighted by Crippen LogP contribution is 2.36. The zero-order valence-electron chi connectivity index (χ0n) is 15.8. The van der Waals surface area contributed by atoms with Crippen LogP contribution in [-0.2, 0) is 26.4 Å². The molecule has 140 valence electrons. The van der Waals surface area contributed by atoms with Crippen LogP contribution in [0.25, 0.3) is 0 Å².